The zero-order chi connectivity index (χ0) is 23.7. The Morgan fingerprint density at radius 3 is 2.18 bits per heavy atom. The summed E-state index contributed by atoms with van der Waals surface area (Å²) in [7, 11) is 3.30. The number of methoxy groups -OCH3 is 2. The van der Waals surface area contributed by atoms with Crippen LogP contribution >= 0.6 is 0 Å². The lowest BCUT2D eigenvalue weighted by Crippen LogP contribution is -2.05. The number of benzene rings is 3. The third-order valence-corrected chi connectivity index (χ3v) is 6.02. The number of aryl methyl sites for hydroxylation is 1. The first-order valence-electron chi connectivity index (χ1n) is 11.3. The second kappa shape index (κ2) is 9.06. The summed E-state index contributed by atoms with van der Waals surface area (Å²) in [5.41, 5.74) is 7.10. The summed E-state index contributed by atoms with van der Waals surface area (Å²) in [6.45, 7) is 5.41. The predicted molar refractivity (Wildman–Crippen MR) is 134 cm³/mol. The Balaban J connectivity index is 1.71. The lowest BCUT2D eigenvalue weighted by Gasteiger charge is -2.18. The molecule has 0 N–H and O–H groups in total. The van der Waals surface area contributed by atoms with Crippen molar-refractivity contribution in [2.45, 2.75) is 20.4 Å². The smallest absolute Gasteiger partial charge is 0.162 e. The maximum absolute atomic E-state index is 5.60. The Bertz CT molecular complexity index is 1410. The van der Waals surface area contributed by atoms with Crippen molar-refractivity contribution in [2.24, 2.45) is 0 Å². The first-order valence-corrected chi connectivity index (χ1v) is 11.3. The average Bonchev–Trinajstić information content (AvgIpc) is 3.29. The molecule has 6 nitrogen and oxygen atoms in total. The Morgan fingerprint density at radius 2 is 1.50 bits per heavy atom. The third-order valence-electron chi connectivity index (χ3n) is 6.02. The SMILES string of the molecule is CCOc1ccc(-c2nnc3c4cc(OC)c(OC)cc4n(Cc4ccc(C)cc4)cc2-3)cc1. The number of aromatic nitrogens is 3. The van der Waals surface area contributed by atoms with E-state index in [0.29, 0.717) is 24.7 Å². The Hall–Kier alpha value is -4.06. The van der Waals surface area contributed by atoms with E-state index in [1.807, 2.05) is 43.3 Å². The van der Waals surface area contributed by atoms with Crippen molar-refractivity contribution in [1.29, 1.82) is 0 Å². The van der Waals surface area contributed by atoms with Crippen LogP contribution in [0.25, 0.3) is 33.4 Å². The topological polar surface area (TPSA) is 58.4 Å². The van der Waals surface area contributed by atoms with E-state index in [1.165, 1.54) is 11.1 Å². The third kappa shape index (κ3) is 3.92. The first kappa shape index (κ1) is 21.8. The Labute approximate surface area is 199 Å². The van der Waals surface area contributed by atoms with Gasteiger partial charge in [-0.2, -0.15) is 0 Å². The normalized spacial score (nSPS) is 11.2. The molecule has 6 heteroatoms. The molecule has 5 rings (SSSR count). The minimum atomic E-state index is 0.634. The highest BCUT2D eigenvalue weighted by Gasteiger charge is 2.22. The van der Waals surface area contributed by atoms with Gasteiger partial charge in [-0.25, -0.2) is 0 Å². The summed E-state index contributed by atoms with van der Waals surface area (Å²) in [5.74, 6) is 2.18. The Kier molecular flexibility index (Phi) is 5.80. The lowest BCUT2D eigenvalue weighted by molar-refractivity contribution is 0.340. The molecule has 0 spiro atoms. The fourth-order valence-corrected chi connectivity index (χ4v) is 4.27. The van der Waals surface area contributed by atoms with Crippen molar-refractivity contribution < 1.29 is 14.2 Å². The van der Waals surface area contributed by atoms with Crippen molar-refractivity contribution >= 4 is 10.9 Å². The van der Waals surface area contributed by atoms with Gasteiger partial charge in [0.2, 0.25) is 0 Å². The minimum Gasteiger partial charge on any atom is -0.494 e. The van der Waals surface area contributed by atoms with Crippen LogP contribution in [0.4, 0.5) is 0 Å². The molecule has 0 fully saturated rings. The summed E-state index contributed by atoms with van der Waals surface area (Å²) in [6, 6.07) is 20.6. The van der Waals surface area contributed by atoms with Gasteiger partial charge in [-0.3, -0.25) is 0 Å². The van der Waals surface area contributed by atoms with Crippen molar-refractivity contribution in [3.8, 4) is 39.8 Å². The van der Waals surface area contributed by atoms with Crippen LogP contribution in [0.2, 0.25) is 0 Å². The highest BCUT2D eigenvalue weighted by molar-refractivity contribution is 5.99. The number of fused-ring (bicyclic) bond motifs is 3. The average molecular weight is 454 g/mol. The zero-order valence-electron chi connectivity index (χ0n) is 19.8. The summed E-state index contributed by atoms with van der Waals surface area (Å²) in [4.78, 5) is 0. The predicted octanol–water partition coefficient (Wildman–Crippen LogP) is 5.98. The molecule has 0 radical (unpaired) electrons. The second-order valence-corrected chi connectivity index (χ2v) is 8.24. The molecule has 3 aromatic carbocycles. The van der Waals surface area contributed by atoms with Gasteiger partial charge in [0.25, 0.3) is 0 Å². The first-order chi connectivity index (χ1) is 16.6. The van der Waals surface area contributed by atoms with E-state index in [1.54, 1.807) is 14.2 Å². The van der Waals surface area contributed by atoms with Crippen LogP contribution in [-0.2, 0) is 6.54 Å². The summed E-state index contributed by atoms with van der Waals surface area (Å²) in [5, 5.41) is 10.1. The Morgan fingerprint density at radius 1 is 0.824 bits per heavy atom. The molecule has 0 unspecified atom stereocenters. The van der Waals surface area contributed by atoms with E-state index in [9.17, 15) is 0 Å². The van der Waals surface area contributed by atoms with Gasteiger partial charge in [0.15, 0.2) is 11.5 Å². The molecule has 2 aliphatic heterocycles. The van der Waals surface area contributed by atoms with E-state index in [0.717, 1.165) is 39.2 Å². The van der Waals surface area contributed by atoms with Gasteiger partial charge in [-0.05, 0) is 49.7 Å². The molecule has 0 aromatic heterocycles. The summed E-state index contributed by atoms with van der Waals surface area (Å²) in [6.07, 6.45) is 2.13. The molecule has 0 atom stereocenters. The maximum atomic E-state index is 5.60. The van der Waals surface area contributed by atoms with Crippen LogP contribution in [-0.4, -0.2) is 35.6 Å². The van der Waals surface area contributed by atoms with Crippen LogP contribution in [0.1, 0.15) is 18.1 Å². The molecule has 0 saturated heterocycles. The molecule has 0 amide bonds. The monoisotopic (exact) mass is 453 g/mol. The molecular formula is C28H27N3O3. The van der Waals surface area contributed by atoms with Crippen LogP contribution in [0.3, 0.4) is 0 Å². The molecular weight excluding hydrogens is 426 g/mol. The van der Waals surface area contributed by atoms with E-state index in [-0.39, 0.29) is 0 Å². The number of hydrogen-bond donors (Lipinski definition) is 0. The largest absolute Gasteiger partial charge is 0.494 e. The van der Waals surface area contributed by atoms with Gasteiger partial charge >= 0.3 is 0 Å². The van der Waals surface area contributed by atoms with Crippen molar-refractivity contribution in [3.05, 3.63) is 78.0 Å². The van der Waals surface area contributed by atoms with Gasteiger partial charge in [-0.1, -0.05) is 29.8 Å². The van der Waals surface area contributed by atoms with Gasteiger partial charge < -0.3 is 18.8 Å². The number of ether oxygens (including phenoxy) is 3. The van der Waals surface area contributed by atoms with Gasteiger partial charge in [0.05, 0.1) is 26.3 Å². The highest BCUT2D eigenvalue weighted by Crippen LogP contribution is 2.41. The number of nitrogens with zero attached hydrogens (tertiary/aromatic N) is 3. The second-order valence-electron chi connectivity index (χ2n) is 8.24. The zero-order valence-corrected chi connectivity index (χ0v) is 19.8. The van der Waals surface area contributed by atoms with Gasteiger partial charge in [-0.15, -0.1) is 10.2 Å². The highest BCUT2D eigenvalue weighted by atomic mass is 16.5. The van der Waals surface area contributed by atoms with Crippen molar-refractivity contribution in [1.82, 2.24) is 14.8 Å². The molecule has 34 heavy (non-hydrogen) atoms. The standard InChI is InChI=1S/C28H27N3O3/c1-5-34-21-12-10-20(11-13-21)27-23-17-31(16-19-8-6-18(2)7-9-19)24-15-26(33-4)25(32-3)14-22(24)28(23)30-29-27/h6-15,17H,5,16H2,1-4H3. The van der Waals surface area contributed by atoms with Crippen molar-refractivity contribution in [3.63, 3.8) is 0 Å². The molecule has 172 valence electrons. The van der Waals surface area contributed by atoms with Crippen molar-refractivity contribution in [2.75, 3.05) is 20.8 Å². The quantitative estimate of drug-likeness (QED) is 0.304. The van der Waals surface area contributed by atoms with Crippen LogP contribution in [0.15, 0.2) is 66.9 Å². The molecule has 2 aliphatic rings. The van der Waals surface area contributed by atoms with E-state index < -0.39 is 0 Å². The molecule has 2 heterocycles. The summed E-state index contributed by atoms with van der Waals surface area (Å²) >= 11 is 0. The van der Waals surface area contributed by atoms with Gasteiger partial charge in [0.1, 0.15) is 17.1 Å². The molecule has 0 bridgehead atoms. The van der Waals surface area contributed by atoms with E-state index in [2.05, 4.69) is 52.2 Å². The lowest BCUT2D eigenvalue weighted by atomic mass is 10.0. The summed E-state index contributed by atoms with van der Waals surface area (Å²) < 4.78 is 19.0. The number of rotatable bonds is 7. The van der Waals surface area contributed by atoms with Gasteiger partial charge in [0, 0.05) is 35.3 Å². The minimum absolute atomic E-state index is 0.634. The van der Waals surface area contributed by atoms with E-state index >= 15 is 0 Å². The fourth-order valence-electron chi connectivity index (χ4n) is 4.27. The van der Waals surface area contributed by atoms with E-state index in [4.69, 9.17) is 14.2 Å². The number of pyridine rings is 1. The van der Waals surface area contributed by atoms with Crippen LogP contribution in [0, 0.1) is 6.92 Å². The number of hydrogen-bond acceptors (Lipinski definition) is 5. The fraction of sp³-hybridized carbons (Fsp3) is 0.214. The molecule has 0 aliphatic carbocycles. The maximum Gasteiger partial charge on any atom is 0.162 e. The molecule has 3 aromatic rings. The van der Waals surface area contributed by atoms with Crippen LogP contribution in [0.5, 0.6) is 17.2 Å². The van der Waals surface area contributed by atoms with Crippen LogP contribution < -0.4 is 14.2 Å². The molecule has 0 saturated carbocycles.